The highest BCUT2D eigenvalue weighted by Crippen LogP contribution is 2.37. The molecular weight excluding hydrogens is 300 g/mol. The minimum absolute atomic E-state index is 0.126. The number of hydrogen-bond donors (Lipinski definition) is 1. The van der Waals surface area contributed by atoms with Gasteiger partial charge in [0.15, 0.2) is 9.37 Å². The summed E-state index contributed by atoms with van der Waals surface area (Å²) in [6.07, 6.45) is 2.15. The number of hydrogen-bond acceptors (Lipinski definition) is 9. The molecule has 2 aromatic heterocycles. The van der Waals surface area contributed by atoms with Gasteiger partial charge in [-0.15, -0.1) is 10.2 Å². The van der Waals surface area contributed by atoms with Crippen molar-refractivity contribution in [2.24, 2.45) is 0 Å². The van der Waals surface area contributed by atoms with Gasteiger partial charge in [0.05, 0.1) is 4.92 Å². The number of nitro groups is 1. The van der Waals surface area contributed by atoms with Gasteiger partial charge in [-0.1, -0.05) is 18.3 Å². The summed E-state index contributed by atoms with van der Waals surface area (Å²) in [6.45, 7) is 4.41. The molecule has 106 valence electrons. The molecule has 0 aromatic carbocycles. The number of aromatic nitrogens is 4. The van der Waals surface area contributed by atoms with Crippen molar-refractivity contribution in [2.45, 2.75) is 29.6 Å². The highest BCUT2D eigenvalue weighted by Gasteiger charge is 2.24. The van der Waals surface area contributed by atoms with Crippen LogP contribution in [0.4, 0.5) is 11.5 Å². The first kappa shape index (κ1) is 14.6. The minimum atomic E-state index is -0.478. The standard InChI is InChI=1S/C10H12N6O2S2/c1-3-4-11-8-7(16(17)18)9(13-5-12-8)20-10-15-14-6(2)19-10/h5H,3-4H2,1-2H3,(H,11,12,13). The molecule has 2 aromatic rings. The molecule has 0 aliphatic heterocycles. The zero-order valence-corrected chi connectivity index (χ0v) is 12.5. The molecule has 1 N–H and O–H groups in total. The number of aryl methyl sites for hydroxylation is 1. The van der Waals surface area contributed by atoms with Crippen LogP contribution in [0.5, 0.6) is 0 Å². The van der Waals surface area contributed by atoms with Gasteiger partial charge in [0.25, 0.3) is 0 Å². The SMILES string of the molecule is CCCNc1ncnc(Sc2nnc(C)s2)c1[N+](=O)[O-]. The maximum absolute atomic E-state index is 11.2. The Morgan fingerprint density at radius 3 is 2.85 bits per heavy atom. The van der Waals surface area contributed by atoms with E-state index in [1.54, 1.807) is 0 Å². The highest BCUT2D eigenvalue weighted by molar-refractivity contribution is 8.01. The second-order valence-electron chi connectivity index (χ2n) is 3.75. The summed E-state index contributed by atoms with van der Waals surface area (Å²) in [7, 11) is 0. The molecule has 0 amide bonds. The molecule has 0 fully saturated rings. The molecule has 10 heteroatoms. The number of anilines is 1. The first-order valence-electron chi connectivity index (χ1n) is 5.83. The van der Waals surface area contributed by atoms with Crippen LogP contribution in [-0.4, -0.2) is 31.6 Å². The minimum Gasteiger partial charge on any atom is -0.364 e. The Morgan fingerprint density at radius 2 is 2.25 bits per heavy atom. The maximum Gasteiger partial charge on any atom is 0.343 e. The topological polar surface area (TPSA) is 107 Å². The molecular formula is C10H12N6O2S2. The first-order chi connectivity index (χ1) is 9.61. The van der Waals surface area contributed by atoms with Gasteiger partial charge in [-0.05, 0) is 25.1 Å². The quantitative estimate of drug-likeness (QED) is 0.492. The molecule has 20 heavy (non-hydrogen) atoms. The third-order valence-electron chi connectivity index (χ3n) is 2.21. The van der Waals surface area contributed by atoms with Gasteiger partial charge in [0.1, 0.15) is 11.3 Å². The van der Waals surface area contributed by atoms with E-state index in [4.69, 9.17) is 0 Å². The Hall–Kier alpha value is -1.81. The fourth-order valence-electron chi connectivity index (χ4n) is 1.38. The van der Waals surface area contributed by atoms with Crippen molar-refractivity contribution in [2.75, 3.05) is 11.9 Å². The monoisotopic (exact) mass is 312 g/mol. The molecule has 0 aliphatic carbocycles. The Balaban J connectivity index is 2.33. The van der Waals surface area contributed by atoms with E-state index in [-0.39, 0.29) is 16.5 Å². The Morgan fingerprint density at radius 1 is 1.45 bits per heavy atom. The third kappa shape index (κ3) is 3.39. The van der Waals surface area contributed by atoms with Crippen LogP contribution in [0.3, 0.4) is 0 Å². The zero-order chi connectivity index (χ0) is 14.5. The van der Waals surface area contributed by atoms with E-state index in [0.717, 1.165) is 23.2 Å². The molecule has 0 saturated heterocycles. The lowest BCUT2D eigenvalue weighted by Crippen LogP contribution is -2.07. The largest absolute Gasteiger partial charge is 0.364 e. The van der Waals surface area contributed by atoms with Crippen LogP contribution in [0.2, 0.25) is 0 Å². The molecule has 0 saturated carbocycles. The van der Waals surface area contributed by atoms with Gasteiger partial charge < -0.3 is 5.32 Å². The van der Waals surface area contributed by atoms with Gasteiger partial charge in [0.2, 0.25) is 5.82 Å². The Kier molecular flexibility index (Phi) is 4.79. The van der Waals surface area contributed by atoms with Crippen molar-refractivity contribution >= 4 is 34.6 Å². The van der Waals surface area contributed by atoms with Crippen molar-refractivity contribution < 1.29 is 4.92 Å². The lowest BCUT2D eigenvalue weighted by Gasteiger charge is -2.06. The Bertz CT molecular complexity index is 618. The summed E-state index contributed by atoms with van der Waals surface area (Å²) in [5.74, 6) is 0.232. The van der Waals surface area contributed by atoms with Gasteiger partial charge in [-0.3, -0.25) is 10.1 Å². The van der Waals surface area contributed by atoms with Crippen molar-refractivity contribution in [3.63, 3.8) is 0 Å². The van der Waals surface area contributed by atoms with E-state index in [1.165, 1.54) is 17.7 Å². The van der Waals surface area contributed by atoms with E-state index < -0.39 is 4.92 Å². The summed E-state index contributed by atoms with van der Waals surface area (Å²) >= 11 is 2.49. The third-order valence-corrected chi connectivity index (χ3v) is 4.09. The molecule has 0 radical (unpaired) electrons. The molecule has 8 nitrogen and oxygen atoms in total. The molecule has 0 spiro atoms. The van der Waals surface area contributed by atoms with Gasteiger partial charge >= 0.3 is 5.69 Å². The fraction of sp³-hybridized carbons (Fsp3) is 0.400. The van der Waals surface area contributed by atoms with Crippen molar-refractivity contribution in [1.29, 1.82) is 0 Å². The lowest BCUT2D eigenvalue weighted by molar-refractivity contribution is -0.387. The fourth-order valence-corrected chi connectivity index (χ4v) is 3.17. The van der Waals surface area contributed by atoms with E-state index in [0.29, 0.717) is 10.9 Å². The highest BCUT2D eigenvalue weighted by atomic mass is 32.2. The van der Waals surface area contributed by atoms with Crippen LogP contribution < -0.4 is 5.32 Å². The van der Waals surface area contributed by atoms with Gasteiger partial charge in [0, 0.05) is 6.54 Å². The summed E-state index contributed by atoms with van der Waals surface area (Å²) in [6, 6.07) is 0. The van der Waals surface area contributed by atoms with Crippen molar-refractivity contribution in [1.82, 2.24) is 20.2 Å². The maximum atomic E-state index is 11.2. The molecule has 0 aliphatic rings. The summed E-state index contributed by atoms with van der Waals surface area (Å²) < 4.78 is 0.616. The van der Waals surface area contributed by atoms with Crippen LogP contribution in [0, 0.1) is 17.0 Å². The van der Waals surface area contributed by atoms with E-state index in [9.17, 15) is 10.1 Å². The van der Waals surface area contributed by atoms with E-state index in [2.05, 4.69) is 25.5 Å². The van der Waals surface area contributed by atoms with E-state index in [1.807, 2.05) is 13.8 Å². The molecule has 0 atom stereocenters. The second-order valence-corrected chi connectivity index (χ2v) is 6.17. The Labute approximate surface area is 123 Å². The van der Waals surface area contributed by atoms with Gasteiger partial charge in [-0.25, -0.2) is 9.97 Å². The smallest absolute Gasteiger partial charge is 0.343 e. The zero-order valence-electron chi connectivity index (χ0n) is 10.9. The summed E-state index contributed by atoms with van der Waals surface area (Å²) in [5.41, 5.74) is -0.126. The predicted molar refractivity (Wildman–Crippen MR) is 76.2 cm³/mol. The van der Waals surface area contributed by atoms with Crippen molar-refractivity contribution in [3.8, 4) is 0 Å². The normalized spacial score (nSPS) is 10.5. The van der Waals surface area contributed by atoms with Crippen LogP contribution in [0.1, 0.15) is 18.4 Å². The average Bonchev–Trinajstić information content (AvgIpc) is 2.81. The summed E-state index contributed by atoms with van der Waals surface area (Å²) in [4.78, 5) is 18.7. The second kappa shape index (κ2) is 6.57. The molecule has 2 heterocycles. The molecule has 0 unspecified atom stereocenters. The number of rotatable bonds is 6. The molecule has 2 rings (SSSR count). The van der Waals surface area contributed by atoms with Crippen LogP contribution in [0.15, 0.2) is 15.7 Å². The van der Waals surface area contributed by atoms with E-state index >= 15 is 0 Å². The number of nitrogens with zero attached hydrogens (tertiary/aromatic N) is 5. The van der Waals surface area contributed by atoms with Crippen LogP contribution in [0.25, 0.3) is 0 Å². The van der Waals surface area contributed by atoms with Crippen molar-refractivity contribution in [3.05, 3.63) is 21.4 Å². The van der Waals surface area contributed by atoms with Crippen LogP contribution in [-0.2, 0) is 0 Å². The van der Waals surface area contributed by atoms with Crippen LogP contribution >= 0.6 is 23.1 Å². The lowest BCUT2D eigenvalue weighted by atomic mass is 10.4. The first-order valence-corrected chi connectivity index (χ1v) is 7.46. The number of nitrogens with one attached hydrogen (secondary N) is 1. The molecule has 0 bridgehead atoms. The predicted octanol–water partition coefficient (Wildman–Crippen LogP) is 2.52. The van der Waals surface area contributed by atoms with Gasteiger partial charge in [-0.2, -0.15) is 0 Å². The average molecular weight is 312 g/mol. The summed E-state index contributed by atoms with van der Waals surface area (Å²) in [5, 5.41) is 23.1.